The van der Waals surface area contributed by atoms with Crippen molar-refractivity contribution in [3.63, 3.8) is 0 Å². The molecule has 1 heterocycles. The van der Waals surface area contributed by atoms with Crippen molar-refractivity contribution in [2.45, 2.75) is 13.3 Å². The van der Waals surface area contributed by atoms with Gasteiger partial charge in [-0.05, 0) is 49.2 Å². The zero-order chi connectivity index (χ0) is 19.9. The van der Waals surface area contributed by atoms with E-state index in [1.54, 1.807) is 38.3 Å². The zero-order valence-electron chi connectivity index (χ0n) is 15.7. The van der Waals surface area contributed by atoms with Crippen molar-refractivity contribution in [1.82, 2.24) is 15.3 Å². The number of hydrogen-bond donors (Lipinski definition) is 2. The fraction of sp³-hybridized carbons (Fsp3) is 0.190. The lowest BCUT2D eigenvalue weighted by atomic mass is 10.1. The molecule has 28 heavy (non-hydrogen) atoms. The largest absolute Gasteiger partial charge is 0.497 e. The number of amides is 1. The molecular formula is C21H21FN4O2. The van der Waals surface area contributed by atoms with Crippen molar-refractivity contribution in [2.75, 3.05) is 19.0 Å². The van der Waals surface area contributed by atoms with E-state index in [0.29, 0.717) is 30.2 Å². The minimum atomic E-state index is -0.334. The maximum Gasteiger partial charge on any atom is 0.270 e. The first-order chi connectivity index (χ1) is 13.5. The van der Waals surface area contributed by atoms with Crippen LogP contribution in [0.15, 0.2) is 54.6 Å². The molecule has 144 valence electrons. The summed E-state index contributed by atoms with van der Waals surface area (Å²) in [4.78, 5) is 20.9. The summed E-state index contributed by atoms with van der Waals surface area (Å²) >= 11 is 0. The van der Waals surface area contributed by atoms with Gasteiger partial charge >= 0.3 is 0 Å². The minimum absolute atomic E-state index is 0.247. The third-order valence-corrected chi connectivity index (χ3v) is 4.07. The number of methoxy groups -OCH3 is 1. The van der Waals surface area contributed by atoms with E-state index in [9.17, 15) is 9.18 Å². The summed E-state index contributed by atoms with van der Waals surface area (Å²) in [6.45, 7) is 2.03. The maximum absolute atomic E-state index is 13.6. The molecule has 0 unspecified atom stereocenters. The van der Waals surface area contributed by atoms with E-state index in [0.717, 1.165) is 11.4 Å². The van der Waals surface area contributed by atoms with Crippen molar-refractivity contribution in [3.8, 4) is 5.75 Å². The molecule has 2 N–H and O–H groups in total. The molecule has 0 saturated heterocycles. The van der Waals surface area contributed by atoms with Crippen LogP contribution in [0.3, 0.4) is 0 Å². The van der Waals surface area contributed by atoms with Gasteiger partial charge in [-0.15, -0.1) is 0 Å². The first-order valence-corrected chi connectivity index (χ1v) is 8.83. The van der Waals surface area contributed by atoms with Crippen LogP contribution in [0, 0.1) is 12.7 Å². The predicted molar refractivity (Wildman–Crippen MR) is 105 cm³/mol. The second-order valence-corrected chi connectivity index (χ2v) is 6.14. The van der Waals surface area contributed by atoms with Crippen LogP contribution in [0.25, 0.3) is 0 Å². The zero-order valence-corrected chi connectivity index (χ0v) is 15.7. The van der Waals surface area contributed by atoms with Gasteiger partial charge in [0.05, 0.1) is 7.11 Å². The molecule has 0 radical (unpaired) electrons. The van der Waals surface area contributed by atoms with E-state index in [1.807, 2.05) is 24.3 Å². The summed E-state index contributed by atoms with van der Waals surface area (Å²) in [7, 11) is 1.60. The van der Waals surface area contributed by atoms with Gasteiger partial charge in [0.1, 0.15) is 28.9 Å². The molecule has 0 saturated carbocycles. The number of benzene rings is 2. The molecule has 0 aliphatic carbocycles. The number of carbonyl (C=O) groups excluding carboxylic acids is 1. The average molecular weight is 380 g/mol. The maximum atomic E-state index is 13.6. The summed E-state index contributed by atoms with van der Waals surface area (Å²) < 4.78 is 18.8. The lowest BCUT2D eigenvalue weighted by Crippen LogP contribution is -2.27. The van der Waals surface area contributed by atoms with Gasteiger partial charge < -0.3 is 15.4 Å². The van der Waals surface area contributed by atoms with Crippen LogP contribution in [0.2, 0.25) is 0 Å². The molecule has 0 aliphatic heterocycles. The highest BCUT2D eigenvalue weighted by atomic mass is 19.1. The van der Waals surface area contributed by atoms with E-state index < -0.39 is 0 Å². The molecule has 6 nitrogen and oxygen atoms in total. The molecule has 0 atom stereocenters. The van der Waals surface area contributed by atoms with E-state index >= 15 is 0 Å². The molecule has 1 amide bonds. The summed E-state index contributed by atoms with van der Waals surface area (Å²) in [5.74, 6) is 1.12. The van der Waals surface area contributed by atoms with Crippen molar-refractivity contribution in [3.05, 3.63) is 77.5 Å². The Morgan fingerprint density at radius 1 is 1.11 bits per heavy atom. The fourth-order valence-electron chi connectivity index (χ4n) is 2.67. The molecule has 0 bridgehead atoms. The topological polar surface area (TPSA) is 76.1 Å². The van der Waals surface area contributed by atoms with Crippen molar-refractivity contribution < 1.29 is 13.9 Å². The predicted octanol–water partition coefficient (Wildman–Crippen LogP) is 3.65. The lowest BCUT2D eigenvalue weighted by Gasteiger charge is -2.10. The summed E-state index contributed by atoms with van der Waals surface area (Å²) in [5.41, 5.74) is 1.62. The molecule has 1 aromatic heterocycles. The quantitative estimate of drug-likeness (QED) is 0.654. The third kappa shape index (κ3) is 5.03. The number of ether oxygens (including phenoxy) is 1. The van der Waals surface area contributed by atoms with Crippen LogP contribution in [0.4, 0.5) is 15.9 Å². The van der Waals surface area contributed by atoms with Crippen molar-refractivity contribution in [1.29, 1.82) is 0 Å². The van der Waals surface area contributed by atoms with Crippen LogP contribution in [0.1, 0.15) is 21.9 Å². The van der Waals surface area contributed by atoms with Gasteiger partial charge in [0.15, 0.2) is 0 Å². The Bertz CT molecular complexity index is 961. The number of carbonyl (C=O) groups is 1. The number of rotatable bonds is 7. The highest BCUT2D eigenvalue weighted by Crippen LogP contribution is 2.19. The summed E-state index contributed by atoms with van der Waals surface area (Å²) in [5, 5.41) is 5.91. The van der Waals surface area contributed by atoms with Gasteiger partial charge in [-0.1, -0.05) is 18.2 Å². The molecule has 3 rings (SSSR count). The first-order valence-electron chi connectivity index (χ1n) is 8.83. The lowest BCUT2D eigenvalue weighted by molar-refractivity contribution is 0.0948. The minimum Gasteiger partial charge on any atom is -0.497 e. The Morgan fingerprint density at radius 3 is 2.57 bits per heavy atom. The monoisotopic (exact) mass is 380 g/mol. The Labute approximate surface area is 162 Å². The van der Waals surface area contributed by atoms with Gasteiger partial charge in [0.25, 0.3) is 5.91 Å². The third-order valence-electron chi connectivity index (χ3n) is 4.07. The van der Waals surface area contributed by atoms with E-state index in [2.05, 4.69) is 20.6 Å². The molecule has 0 spiro atoms. The Balaban J connectivity index is 1.64. The van der Waals surface area contributed by atoms with Crippen LogP contribution < -0.4 is 15.4 Å². The molecule has 0 aliphatic rings. The Morgan fingerprint density at radius 2 is 1.86 bits per heavy atom. The Hall–Kier alpha value is -3.48. The van der Waals surface area contributed by atoms with Gasteiger partial charge in [-0.3, -0.25) is 4.79 Å². The number of hydrogen-bond acceptors (Lipinski definition) is 5. The number of halogens is 1. The number of nitrogens with zero attached hydrogens (tertiary/aromatic N) is 2. The van der Waals surface area contributed by atoms with Crippen LogP contribution in [-0.4, -0.2) is 29.5 Å². The van der Waals surface area contributed by atoms with Crippen LogP contribution >= 0.6 is 0 Å². The molecular weight excluding hydrogens is 359 g/mol. The van der Waals surface area contributed by atoms with Gasteiger partial charge in [-0.2, -0.15) is 0 Å². The van der Waals surface area contributed by atoms with Crippen molar-refractivity contribution >= 4 is 17.4 Å². The van der Waals surface area contributed by atoms with E-state index in [4.69, 9.17) is 4.74 Å². The highest BCUT2D eigenvalue weighted by Gasteiger charge is 2.11. The average Bonchev–Trinajstić information content (AvgIpc) is 2.69. The molecule has 3 aromatic rings. The number of aromatic nitrogens is 2. The summed E-state index contributed by atoms with van der Waals surface area (Å²) in [6.07, 6.45) is 0.402. The van der Waals surface area contributed by atoms with Gasteiger partial charge in [-0.25, -0.2) is 14.4 Å². The fourth-order valence-corrected chi connectivity index (χ4v) is 2.67. The highest BCUT2D eigenvalue weighted by molar-refractivity contribution is 5.93. The summed E-state index contributed by atoms with van der Waals surface area (Å²) in [6, 6.07) is 15.4. The van der Waals surface area contributed by atoms with Gasteiger partial charge in [0.2, 0.25) is 0 Å². The SMILES string of the molecule is COc1ccc(Nc2cc(C(=O)NCCc3ccccc3F)nc(C)n2)cc1. The number of aryl methyl sites for hydroxylation is 1. The first kappa shape index (κ1) is 19.3. The molecule has 2 aromatic carbocycles. The van der Waals surface area contributed by atoms with Gasteiger partial charge in [0, 0.05) is 18.3 Å². The molecule has 7 heteroatoms. The Kier molecular flexibility index (Phi) is 6.16. The van der Waals surface area contributed by atoms with Crippen LogP contribution in [-0.2, 0) is 6.42 Å². The van der Waals surface area contributed by atoms with E-state index in [1.165, 1.54) is 6.07 Å². The molecule has 0 fully saturated rings. The second-order valence-electron chi connectivity index (χ2n) is 6.14. The number of nitrogens with one attached hydrogen (secondary N) is 2. The second kappa shape index (κ2) is 8.94. The van der Waals surface area contributed by atoms with Crippen molar-refractivity contribution in [2.24, 2.45) is 0 Å². The smallest absolute Gasteiger partial charge is 0.270 e. The van der Waals surface area contributed by atoms with Crippen LogP contribution in [0.5, 0.6) is 5.75 Å². The number of anilines is 2. The normalized spacial score (nSPS) is 10.4. The standard InChI is InChI=1S/C21H21FN4O2/c1-14-24-19(21(27)23-12-11-15-5-3-4-6-18(15)22)13-20(25-14)26-16-7-9-17(28-2)10-8-16/h3-10,13H,11-12H2,1-2H3,(H,23,27)(H,24,25,26). The van der Waals surface area contributed by atoms with E-state index in [-0.39, 0.29) is 17.4 Å².